The van der Waals surface area contributed by atoms with Crippen molar-refractivity contribution in [2.45, 2.75) is 25.9 Å². The molecule has 1 aliphatic rings. The lowest BCUT2D eigenvalue weighted by Crippen LogP contribution is -2.42. The van der Waals surface area contributed by atoms with Crippen LogP contribution >= 0.6 is 0 Å². The number of hydrogen-bond donors (Lipinski definition) is 1. The Hall–Kier alpha value is -2.93. The zero-order valence-electron chi connectivity index (χ0n) is 15.0. The minimum atomic E-state index is -0.0214. The molecule has 4 rings (SSSR count). The lowest BCUT2D eigenvalue weighted by molar-refractivity contribution is -0.127. The number of carbonyl (C=O) groups is 1. The predicted octanol–water partition coefficient (Wildman–Crippen LogP) is 2.86. The van der Waals surface area contributed by atoms with Gasteiger partial charge in [-0.25, -0.2) is 0 Å². The van der Waals surface area contributed by atoms with Crippen molar-refractivity contribution in [3.63, 3.8) is 0 Å². The maximum absolute atomic E-state index is 12.6. The molecule has 0 unspecified atom stereocenters. The van der Waals surface area contributed by atoms with Gasteiger partial charge < -0.3 is 14.3 Å². The van der Waals surface area contributed by atoms with Crippen molar-refractivity contribution in [3.05, 3.63) is 60.4 Å². The van der Waals surface area contributed by atoms with Gasteiger partial charge in [0.2, 0.25) is 5.91 Å². The van der Waals surface area contributed by atoms with E-state index in [4.69, 9.17) is 8.94 Å². The van der Waals surface area contributed by atoms with Crippen molar-refractivity contribution in [2.75, 3.05) is 13.1 Å². The molecule has 0 aromatic carbocycles. The Morgan fingerprint density at radius 1 is 1.22 bits per heavy atom. The molecule has 27 heavy (non-hydrogen) atoms. The van der Waals surface area contributed by atoms with E-state index in [9.17, 15) is 4.79 Å². The number of pyridine rings is 1. The minimum absolute atomic E-state index is 0.0214. The van der Waals surface area contributed by atoms with Crippen LogP contribution in [-0.4, -0.2) is 34.0 Å². The van der Waals surface area contributed by atoms with Gasteiger partial charge in [0, 0.05) is 18.8 Å². The summed E-state index contributed by atoms with van der Waals surface area (Å²) in [4.78, 5) is 19.1. The van der Waals surface area contributed by atoms with Crippen molar-refractivity contribution in [1.29, 1.82) is 0 Å². The Bertz CT molecular complexity index is 861. The number of nitrogens with zero attached hydrogens (tertiary/aromatic N) is 3. The fourth-order valence-electron chi connectivity index (χ4n) is 3.39. The number of rotatable bonds is 6. The first-order chi connectivity index (χ1) is 13.3. The van der Waals surface area contributed by atoms with Crippen molar-refractivity contribution in [3.8, 4) is 11.4 Å². The average Bonchev–Trinajstić information content (AvgIpc) is 3.39. The molecule has 4 heterocycles. The van der Waals surface area contributed by atoms with E-state index in [1.54, 1.807) is 12.5 Å². The third-order valence-corrected chi connectivity index (χ3v) is 4.76. The molecule has 3 aromatic heterocycles. The van der Waals surface area contributed by atoms with Gasteiger partial charge in [0.25, 0.3) is 0 Å². The maximum atomic E-state index is 12.6. The van der Waals surface area contributed by atoms with Crippen LogP contribution in [0.5, 0.6) is 0 Å². The number of piperidine rings is 1. The van der Waals surface area contributed by atoms with Gasteiger partial charge >= 0.3 is 0 Å². The average molecular weight is 366 g/mol. The number of carbonyl (C=O) groups excluding carboxylic acids is 1. The summed E-state index contributed by atoms with van der Waals surface area (Å²) in [5.41, 5.74) is 1.42. The molecule has 1 N–H and O–H groups in total. The number of hydrogen-bond acceptors (Lipinski definition) is 6. The second-order valence-corrected chi connectivity index (χ2v) is 6.76. The molecule has 1 aliphatic heterocycles. The van der Waals surface area contributed by atoms with Gasteiger partial charge in [0.05, 0.1) is 31.0 Å². The highest BCUT2D eigenvalue weighted by Gasteiger charge is 2.26. The Balaban J connectivity index is 1.29. The second kappa shape index (κ2) is 8.18. The highest BCUT2D eigenvalue weighted by Crippen LogP contribution is 2.20. The van der Waals surface area contributed by atoms with E-state index in [0.717, 1.165) is 43.9 Å². The molecular formula is C20H22N4O3. The first-order valence-electron chi connectivity index (χ1n) is 9.17. The quantitative estimate of drug-likeness (QED) is 0.722. The van der Waals surface area contributed by atoms with Crippen LogP contribution in [0.25, 0.3) is 11.4 Å². The summed E-state index contributed by atoms with van der Waals surface area (Å²) in [5.74, 6) is 1.58. The van der Waals surface area contributed by atoms with E-state index in [-0.39, 0.29) is 11.8 Å². The number of likely N-dealkylation sites (tertiary alicyclic amines) is 1. The Morgan fingerprint density at radius 2 is 2.19 bits per heavy atom. The summed E-state index contributed by atoms with van der Waals surface area (Å²) in [7, 11) is 0. The molecule has 0 saturated carbocycles. The molecule has 0 radical (unpaired) electrons. The van der Waals surface area contributed by atoms with Crippen molar-refractivity contribution in [1.82, 2.24) is 20.4 Å². The summed E-state index contributed by atoms with van der Waals surface area (Å²) in [6.07, 6.45) is 5.30. The van der Waals surface area contributed by atoms with Crippen LogP contribution in [0, 0.1) is 5.92 Å². The molecule has 1 fully saturated rings. The van der Waals surface area contributed by atoms with Crippen molar-refractivity contribution < 1.29 is 13.7 Å². The third kappa shape index (κ3) is 4.43. The Kier molecular flexibility index (Phi) is 5.29. The fraction of sp³-hybridized carbons (Fsp3) is 0.350. The van der Waals surface area contributed by atoms with E-state index in [0.29, 0.717) is 18.0 Å². The standard InChI is InChI=1S/C20H22N4O3/c25-20(15-5-3-9-24(13-15)14-16-6-4-10-26-16)22-12-17-11-19(23-27-17)18-7-1-2-8-21-18/h1-2,4,6-8,10-11,15H,3,5,9,12-14H2,(H,22,25)/t15-/m0/s1. The van der Waals surface area contributed by atoms with Crippen LogP contribution in [0.15, 0.2) is 57.8 Å². The second-order valence-electron chi connectivity index (χ2n) is 6.76. The number of amides is 1. The van der Waals surface area contributed by atoms with Gasteiger partial charge in [0.15, 0.2) is 5.76 Å². The van der Waals surface area contributed by atoms with Gasteiger partial charge in [-0.1, -0.05) is 11.2 Å². The van der Waals surface area contributed by atoms with Crippen LogP contribution in [-0.2, 0) is 17.9 Å². The van der Waals surface area contributed by atoms with E-state index >= 15 is 0 Å². The van der Waals surface area contributed by atoms with Crippen LogP contribution in [0.1, 0.15) is 24.4 Å². The molecule has 0 bridgehead atoms. The monoisotopic (exact) mass is 366 g/mol. The summed E-state index contributed by atoms with van der Waals surface area (Å²) >= 11 is 0. The van der Waals surface area contributed by atoms with Crippen molar-refractivity contribution in [2.24, 2.45) is 5.92 Å². The van der Waals surface area contributed by atoms with Crippen molar-refractivity contribution >= 4 is 5.91 Å². The van der Waals surface area contributed by atoms with E-state index in [1.165, 1.54) is 0 Å². The maximum Gasteiger partial charge on any atom is 0.224 e. The zero-order valence-corrected chi connectivity index (χ0v) is 15.0. The van der Waals surface area contributed by atoms with Crippen LogP contribution in [0.3, 0.4) is 0 Å². The highest BCUT2D eigenvalue weighted by molar-refractivity contribution is 5.78. The van der Waals surface area contributed by atoms with Gasteiger partial charge in [-0.05, 0) is 43.7 Å². The van der Waals surface area contributed by atoms with Crippen LogP contribution in [0.4, 0.5) is 0 Å². The number of furan rings is 1. The van der Waals surface area contributed by atoms with Crippen LogP contribution in [0.2, 0.25) is 0 Å². The van der Waals surface area contributed by atoms with Crippen LogP contribution < -0.4 is 5.32 Å². The molecule has 1 atom stereocenters. The summed E-state index contributed by atoms with van der Waals surface area (Å²) in [5, 5.41) is 6.99. The SMILES string of the molecule is O=C(NCc1cc(-c2ccccn2)no1)[C@H]1CCCN(Cc2ccco2)C1. The van der Waals surface area contributed by atoms with E-state index in [2.05, 4.69) is 20.4 Å². The van der Waals surface area contributed by atoms with E-state index in [1.807, 2.05) is 36.4 Å². The molecule has 0 spiro atoms. The van der Waals surface area contributed by atoms with Gasteiger partial charge in [-0.2, -0.15) is 0 Å². The first kappa shape index (κ1) is 17.5. The fourth-order valence-corrected chi connectivity index (χ4v) is 3.39. The molecule has 140 valence electrons. The number of aromatic nitrogens is 2. The van der Waals surface area contributed by atoms with Gasteiger partial charge in [-0.15, -0.1) is 0 Å². The summed E-state index contributed by atoms with van der Waals surface area (Å²) in [6, 6.07) is 11.3. The smallest absolute Gasteiger partial charge is 0.224 e. The molecule has 0 aliphatic carbocycles. The highest BCUT2D eigenvalue weighted by atomic mass is 16.5. The largest absolute Gasteiger partial charge is 0.468 e. The lowest BCUT2D eigenvalue weighted by Gasteiger charge is -2.31. The molecule has 3 aromatic rings. The number of nitrogens with one attached hydrogen (secondary N) is 1. The lowest BCUT2D eigenvalue weighted by atomic mass is 9.97. The molecule has 7 heteroatoms. The normalized spacial score (nSPS) is 17.7. The van der Waals surface area contributed by atoms with Gasteiger partial charge in [0.1, 0.15) is 11.5 Å². The Labute approximate surface area is 157 Å². The molecule has 7 nitrogen and oxygen atoms in total. The third-order valence-electron chi connectivity index (χ3n) is 4.76. The predicted molar refractivity (Wildman–Crippen MR) is 98.3 cm³/mol. The topological polar surface area (TPSA) is 84.4 Å². The minimum Gasteiger partial charge on any atom is -0.468 e. The first-order valence-corrected chi connectivity index (χ1v) is 9.17. The molecule has 1 amide bonds. The summed E-state index contributed by atoms with van der Waals surface area (Å²) in [6.45, 7) is 2.79. The van der Waals surface area contributed by atoms with E-state index < -0.39 is 0 Å². The molecular weight excluding hydrogens is 344 g/mol. The Morgan fingerprint density at radius 3 is 3.00 bits per heavy atom. The summed E-state index contributed by atoms with van der Waals surface area (Å²) < 4.78 is 10.7. The van der Waals surface area contributed by atoms with Gasteiger partial charge in [-0.3, -0.25) is 14.7 Å². The molecule has 1 saturated heterocycles. The zero-order chi connectivity index (χ0) is 18.5.